The molecule has 1 fully saturated rings. The predicted octanol–water partition coefficient (Wildman–Crippen LogP) is 1.99. The van der Waals surface area contributed by atoms with Gasteiger partial charge >= 0.3 is 0 Å². The van der Waals surface area contributed by atoms with Crippen molar-refractivity contribution < 1.29 is 4.79 Å². The van der Waals surface area contributed by atoms with Gasteiger partial charge in [-0.1, -0.05) is 0 Å². The Bertz CT molecular complexity index is 584. The number of aromatic nitrogens is 1. The molecule has 1 aromatic heterocycles. The quantitative estimate of drug-likeness (QED) is 0.864. The van der Waals surface area contributed by atoms with Crippen molar-refractivity contribution in [3.63, 3.8) is 0 Å². The Balaban J connectivity index is 1.81. The maximum Gasteiger partial charge on any atom is 0.253 e. The second kappa shape index (κ2) is 5.05. The highest BCUT2D eigenvalue weighted by molar-refractivity contribution is 5.98. The Morgan fingerprint density at radius 3 is 2.84 bits per heavy atom. The molecule has 1 aliphatic heterocycles. The summed E-state index contributed by atoms with van der Waals surface area (Å²) >= 11 is 0. The first-order chi connectivity index (χ1) is 9.25. The van der Waals surface area contributed by atoms with Crippen molar-refractivity contribution in [3.05, 3.63) is 36.0 Å². The van der Waals surface area contributed by atoms with Gasteiger partial charge in [-0.3, -0.25) is 4.79 Å². The van der Waals surface area contributed by atoms with Crippen molar-refractivity contribution in [1.82, 2.24) is 15.2 Å². The van der Waals surface area contributed by atoms with E-state index in [1.807, 2.05) is 42.4 Å². The van der Waals surface area contributed by atoms with Gasteiger partial charge in [-0.15, -0.1) is 0 Å². The van der Waals surface area contributed by atoms with Crippen LogP contribution in [-0.4, -0.2) is 42.0 Å². The van der Waals surface area contributed by atoms with Crippen LogP contribution in [0.2, 0.25) is 0 Å². The van der Waals surface area contributed by atoms with E-state index in [9.17, 15) is 4.79 Å². The Hall–Kier alpha value is -1.81. The number of benzene rings is 1. The van der Waals surface area contributed by atoms with Crippen LogP contribution in [0.15, 0.2) is 30.5 Å². The SMILES string of the molecule is CN(C(=O)c1ccc2[nH]ccc2c1)C1CCNCC1. The van der Waals surface area contributed by atoms with Gasteiger partial charge in [0.05, 0.1) is 0 Å². The largest absolute Gasteiger partial charge is 0.361 e. The minimum absolute atomic E-state index is 0.120. The monoisotopic (exact) mass is 257 g/mol. The lowest BCUT2D eigenvalue weighted by molar-refractivity contribution is 0.0703. The molecular formula is C15H19N3O. The normalized spacial score (nSPS) is 16.7. The molecule has 0 spiro atoms. The van der Waals surface area contributed by atoms with E-state index in [1.165, 1.54) is 0 Å². The van der Waals surface area contributed by atoms with E-state index >= 15 is 0 Å². The molecule has 4 heteroatoms. The zero-order chi connectivity index (χ0) is 13.2. The zero-order valence-electron chi connectivity index (χ0n) is 11.1. The number of aromatic amines is 1. The van der Waals surface area contributed by atoms with Gasteiger partial charge in [0.2, 0.25) is 0 Å². The lowest BCUT2D eigenvalue weighted by Gasteiger charge is -2.31. The molecule has 0 radical (unpaired) electrons. The number of rotatable bonds is 2. The minimum Gasteiger partial charge on any atom is -0.361 e. The van der Waals surface area contributed by atoms with E-state index in [0.717, 1.165) is 42.4 Å². The van der Waals surface area contributed by atoms with Crippen LogP contribution in [0.1, 0.15) is 23.2 Å². The average Bonchev–Trinajstić information content (AvgIpc) is 2.94. The van der Waals surface area contributed by atoms with E-state index in [2.05, 4.69) is 10.3 Å². The molecule has 1 amide bonds. The number of H-pyrrole nitrogens is 1. The van der Waals surface area contributed by atoms with Crippen molar-refractivity contribution in [1.29, 1.82) is 0 Å². The van der Waals surface area contributed by atoms with E-state index in [4.69, 9.17) is 0 Å². The van der Waals surface area contributed by atoms with E-state index < -0.39 is 0 Å². The van der Waals surface area contributed by atoms with Crippen molar-refractivity contribution >= 4 is 16.8 Å². The summed E-state index contributed by atoms with van der Waals surface area (Å²) in [7, 11) is 1.92. The van der Waals surface area contributed by atoms with Crippen LogP contribution in [0.4, 0.5) is 0 Å². The summed E-state index contributed by atoms with van der Waals surface area (Å²) in [6.07, 6.45) is 3.97. The molecule has 2 aromatic rings. The standard InChI is InChI=1S/C15H19N3O/c1-18(13-5-7-16-8-6-13)15(19)12-2-3-14-11(10-12)4-9-17-14/h2-4,9-10,13,16-17H,5-8H2,1H3. The van der Waals surface area contributed by atoms with Crippen molar-refractivity contribution in [2.45, 2.75) is 18.9 Å². The number of hydrogen-bond donors (Lipinski definition) is 2. The molecule has 3 rings (SSSR count). The van der Waals surface area contributed by atoms with Crippen LogP contribution in [0, 0.1) is 0 Å². The van der Waals surface area contributed by atoms with Gasteiger partial charge in [-0.05, 0) is 50.2 Å². The fraction of sp³-hybridized carbons (Fsp3) is 0.400. The predicted molar refractivity (Wildman–Crippen MR) is 76.3 cm³/mol. The average molecular weight is 257 g/mol. The first-order valence-electron chi connectivity index (χ1n) is 6.81. The Morgan fingerprint density at radius 2 is 2.05 bits per heavy atom. The summed E-state index contributed by atoms with van der Waals surface area (Å²) in [5, 5.41) is 4.41. The molecular weight excluding hydrogens is 238 g/mol. The highest BCUT2D eigenvalue weighted by atomic mass is 16.2. The van der Waals surface area contributed by atoms with Crippen LogP contribution in [0.5, 0.6) is 0 Å². The summed E-state index contributed by atoms with van der Waals surface area (Å²) in [4.78, 5) is 17.5. The molecule has 0 atom stereocenters. The van der Waals surface area contributed by atoms with Crippen LogP contribution < -0.4 is 5.32 Å². The first-order valence-corrected chi connectivity index (χ1v) is 6.81. The van der Waals surface area contributed by atoms with Crippen molar-refractivity contribution in [2.24, 2.45) is 0 Å². The molecule has 0 aliphatic carbocycles. The van der Waals surface area contributed by atoms with Crippen molar-refractivity contribution in [2.75, 3.05) is 20.1 Å². The van der Waals surface area contributed by atoms with Crippen LogP contribution >= 0.6 is 0 Å². The van der Waals surface area contributed by atoms with Gasteiger partial charge in [0, 0.05) is 35.8 Å². The molecule has 1 aromatic carbocycles. The van der Waals surface area contributed by atoms with Gasteiger partial charge < -0.3 is 15.2 Å². The third-order valence-electron chi connectivity index (χ3n) is 3.98. The lowest BCUT2D eigenvalue weighted by atomic mass is 10.0. The summed E-state index contributed by atoms with van der Waals surface area (Å²) in [5.41, 5.74) is 1.84. The second-order valence-electron chi connectivity index (χ2n) is 5.18. The number of hydrogen-bond acceptors (Lipinski definition) is 2. The fourth-order valence-electron chi connectivity index (χ4n) is 2.75. The van der Waals surface area contributed by atoms with Crippen LogP contribution in [0.25, 0.3) is 10.9 Å². The first kappa shape index (κ1) is 12.2. The maximum atomic E-state index is 12.5. The molecule has 19 heavy (non-hydrogen) atoms. The zero-order valence-corrected chi connectivity index (χ0v) is 11.1. The molecule has 2 heterocycles. The number of carbonyl (C=O) groups excluding carboxylic acids is 1. The number of fused-ring (bicyclic) bond motifs is 1. The van der Waals surface area contributed by atoms with Crippen molar-refractivity contribution in [3.8, 4) is 0 Å². The van der Waals surface area contributed by atoms with E-state index in [0.29, 0.717) is 6.04 Å². The number of amides is 1. The second-order valence-corrected chi connectivity index (χ2v) is 5.18. The topological polar surface area (TPSA) is 48.1 Å². The Morgan fingerprint density at radius 1 is 1.26 bits per heavy atom. The summed E-state index contributed by atoms with van der Waals surface area (Å²) in [6.45, 7) is 2.00. The third kappa shape index (κ3) is 2.36. The summed E-state index contributed by atoms with van der Waals surface area (Å²) in [5.74, 6) is 0.120. The summed E-state index contributed by atoms with van der Waals surface area (Å²) in [6, 6.07) is 8.19. The van der Waals surface area contributed by atoms with Gasteiger partial charge in [-0.25, -0.2) is 0 Å². The van der Waals surface area contributed by atoms with Crippen LogP contribution in [-0.2, 0) is 0 Å². The summed E-state index contributed by atoms with van der Waals surface area (Å²) < 4.78 is 0. The molecule has 1 saturated heterocycles. The van der Waals surface area contributed by atoms with Gasteiger partial charge in [0.25, 0.3) is 5.91 Å². The molecule has 100 valence electrons. The smallest absolute Gasteiger partial charge is 0.253 e. The molecule has 0 saturated carbocycles. The number of piperidine rings is 1. The van der Waals surface area contributed by atoms with Crippen LogP contribution in [0.3, 0.4) is 0 Å². The van der Waals surface area contributed by atoms with Gasteiger partial charge in [0.1, 0.15) is 0 Å². The fourth-order valence-corrected chi connectivity index (χ4v) is 2.75. The van der Waals surface area contributed by atoms with Gasteiger partial charge in [-0.2, -0.15) is 0 Å². The molecule has 0 bridgehead atoms. The number of nitrogens with zero attached hydrogens (tertiary/aromatic N) is 1. The molecule has 1 aliphatic rings. The Labute approximate surface area is 112 Å². The molecule has 2 N–H and O–H groups in total. The molecule has 0 unspecified atom stereocenters. The minimum atomic E-state index is 0.120. The Kier molecular flexibility index (Phi) is 3.25. The lowest BCUT2D eigenvalue weighted by Crippen LogP contribution is -2.43. The highest BCUT2D eigenvalue weighted by Gasteiger charge is 2.22. The number of carbonyl (C=O) groups is 1. The number of nitrogens with one attached hydrogen (secondary N) is 2. The van der Waals surface area contributed by atoms with E-state index in [1.54, 1.807) is 0 Å². The third-order valence-corrected chi connectivity index (χ3v) is 3.98. The highest BCUT2D eigenvalue weighted by Crippen LogP contribution is 2.18. The maximum absolute atomic E-state index is 12.5. The van der Waals surface area contributed by atoms with E-state index in [-0.39, 0.29) is 5.91 Å². The molecule has 4 nitrogen and oxygen atoms in total. The van der Waals surface area contributed by atoms with Gasteiger partial charge in [0.15, 0.2) is 0 Å².